The van der Waals surface area contributed by atoms with Crippen LogP contribution < -0.4 is 0 Å². The Hall–Kier alpha value is -1.58. The van der Waals surface area contributed by atoms with Crippen LogP contribution in [0.15, 0.2) is 29.4 Å². The Morgan fingerprint density at radius 2 is 2.25 bits per heavy atom. The predicted octanol–water partition coefficient (Wildman–Crippen LogP) is 2.60. The highest BCUT2D eigenvalue weighted by Gasteiger charge is 2.12. The molecular formula is C10H6ClFN6S2. The van der Waals surface area contributed by atoms with Crippen molar-refractivity contribution in [2.75, 3.05) is 0 Å². The molecule has 0 bridgehead atoms. The van der Waals surface area contributed by atoms with Gasteiger partial charge in [0.2, 0.25) is 5.16 Å². The molecule has 20 heavy (non-hydrogen) atoms. The van der Waals surface area contributed by atoms with E-state index in [1.807, 2.05) is 0 Å². The maximum absolute atomic E-state index is 13.2. The molecule has 0 aliphatic heterocycles. The number of nitrogens with zero attached hydrogens (tertiary/aromatic N) is 6. The van der Waals surface area contributed by atoms with Crippen LogP contribution in [-0.2, 0) is 5.75 Å². The molecule has 0 atom stereocenters. The van der Waals surface area contributed by atoms with E-state index in [0.717, 1.165) is 11.5 Å². The van der Waals surface area contributed by atoms with Gasteiger partial charge in [0.25, 0.3) is 0 Å². The van der Waals surface area contributed by atoms with Gasteiger partial charge in [-0.15, -0.1) is 10.2 Å². The van der Waals surface area contributed by atoms with Crippen molar-refractivity contribution in [1.29, 1.82) is 0 Å². The topological polar surface area (TPSA) is 69.4 Å². The summed E-state index contributed by atoms with van der Waals surface area (Å²) in [6, 6.07) is 6.04. The lowest BCUT2D eigenvalue weighted by Crippen LogP contribution is -1.99. The van der Waals surface area contributed by atoms with Crippen molar-refractivity contribution in [3.8, 4) is 5.69 Å². The summed E-state index contributed by atoms with van der Waals surface area (Å²) in [6.45, 7) is 0. The fraction of sp³-hybridized carbons (Fsp3) is 0.100. The number of halogens is 2. The minimum Gasteiger partial charge on any atom is -0.207 e. The van der Waals surface area contributed by atoms with Crippen LogP contribution in [0.2, 0.25) is 4.34 Å². The Labute approximate surface area is 126 Å². The minimum atomic E-state index is -0.347. The van der Waals surface area contributed by atoms with Crippen LogP contribution in [-0.4, -0.2) is 29.8 Å². The molecule has 10 heteroatoms. The van der Waals surface area contributed by atoms with Gasteiger partial charge in [-0.05, 0) is 28.6 Å². The summed E-state index contributed by atoms with van der Waals surface area (Å²) in [7, 11) is 0. The maximum atomic E-state index is 13.2. The zero-order chi connectivity index (χ0) is 13.9. The smallest absolute Gasteiger partial charge is 0.207 e. The SMILES string of the molecule is Fc1cccc(-n2nnnc2SCc2nnsc2Cl)c1. The van der Waals surface area contributed by atoms with E-state index in [0.29, 0.717) is 26.6 Å². The van der Waals surface area contributed by atoms with E-state index >= 15 is 0 Å². The van der Waals surface area contributed by atoms with Crippen LogP contribution in [0.5, 0.6) is 0 Å². The van der Waals surface area contributed by atoms with E-state index in [9.17, 15) is 4.39 Å². The highest BCUT2D eigenvalue weighted by atomic mass is 35.5. The zero-order valence-electron chi connectivity index (χ0n) is 9.77. The van der Waals surface area contributed by atoms with Crippen molar-refractivity contribution in [1.82, 2.24) is 29.8 Å². The Morgan fingerprint density at radius 1 is 1.35 bits per heavy atom. The van der Waals surface area contributed by atoms with E-state index in [4.69, 9.17) is 11.6 Å². The fourth-order valence-corrected chi connectivity index (χ4v) is 3.08. The van der Waals surface area contributed by atoms with E-state index < -0.39 is 0 Å². The molecule has 0 unspecified atom stereocenters. The molecule has 102 valence electrons. The van der Waals surface area contributed by atoms with Crippen LogP contribution in [0.1, 0.15) is 5.69 Å². The highest BCUT2D eigenvalue weighted by molar-refractivity contribution is 7.98. The van der Waals surface area contributed by atoms with Crippen molar-refractivity contribution in [3.05, 3.63) is 40.1 Å². The zero-order valence-corrected chi connectivity index (χ0v) is 12.2. The number of rotatable bonds is 4. The summed E-state index contributed by atoms with van der Waals surface area (Å²) in [5.41, 5.74) is 1.23. The molecule has 0 fully saturated rings. The van der Waals surface area contributed by atoms with Gasteiger partial charge in [-0.2, -0.15) is 4.68 Å². The van der Waals surface area contributed by atoms with Crippen LogP contribution >= 0.6 is 34.9 Å². The first-order chi connectivity index (χ1) is 9.74. The van der Waals surface area contributed by atoms with Gasteiger partial charge in [0, 0.05) is 17.3 Å². The van der Waals surface area contributed by atoms with Gasteiger partial charge in [0.05, 0.1) is 5.69 Å². The van der Waals surface area contributed by atoms with Crippen LogP contribution in [0.3, 0.4) is 0 Å². The summed E-state index contributed by atoms with van der Waals surface area (Å²) in [5.74, 6) is 0.145. The summed E-state index contributed by atoms with van der Waals surface area (Å²) in [6.07, 6.45) is 0. The molecule has 0 aliphatic rings. The van der Waals surface area contributed by atoms with E-state index in [2.05, 4.69) is 25.1 Å². The summed E-state index contributed by atoms with van der Waals surface area (Å²) in [5, 5.41) is 15.8. The molecule has 0 N–H and O–H groups in total. The first-order valence-electron chi connectivity index (χ1n) is 5.38. The highest BCUT2D eigenvalue weighted by Crippen LogP contribution is 2.26. The third-order valence-electron chi connectivity index (χ3n) is 2.34. The quantitative estimate of drug-likeness (QED) is 0.686. The van der Waals surface area contributed by atoms with Crippen molar-refractivity contribution in [2.45, 2.75) is 10.9 Å². The van der Waals surface area contributed by atoms with Crippen molar-refractivity contribution >= 4 is 34.9 Å². The van der Waals surface area contributed by atoms with Gasteiger partial charge in [-0.25, -0.2) is 4.39 Å². The molecule has 3 aromatic rings. The molecule has 2 heterocycles. The Balaban J connectivity index is 1.82. The van der Waals surface area contributed by atoms with Crippen LogP contribution in [0.4, 0.5) is 4.39 Å². The summed E-state index contributed by atoms with van der Waals surface area (Å²) in [4.78, 5) is 0. The fourth-order valence-electron chi connectivity index (χ4n) is 1.45. The van der Waals surface area contributed by atoms with E-state index in [-0.39, 0.29) is 5.82 Å². The standard InChI is InChI=1S/C10H6ClFN6S2/c11-9-8(13-17-20-9)5-19-10-14-15-16-18(10)7-3-1-2-6(12)4-7/h1-4H,5H2. The lowest BCUT2D eigenvalue weighted by molar-refractivity contribution is 0.623. The Morgan fingerprint density at radius 3 is 3.00 bits per heavy atom. The Bertz CT molecular complexity index is 730. The van der Waals surface area contributed by atoms with Crippen molar-refractivity contribution < 1.29 is 4.39 Å². The average Bonchev–Trinajstić information content (AvgIpc) is 3.05. The van der Waals surface area contributed by atoms with Gasteiger partial charge in [-0.3, -0.25) is 0 Å². The number of benzene rings is 1. The summed E-state index contributed by atoms with van der Waals surface area (Å²) < 4.78 is 19.0. The lowest BCUT2D eigenvalue weighted by atomic mass is 10.3. The predicted molar refractivity (Wildman–Crippen MR) is 73.6 cm³/mol. The summed E-state index contributed by atoms with van der Waals surface area (Å²) >= 11 is 8.41. The van der Waals surface area contributed by atoms with Crippen LogP contribution in [0.25, 0.3) is 5.69 Å². The maximum Gasteiger partial charge on any atom is 0.214 e. The lowest BCUT2D eigenvalue weighted by Gasteiger charge is -2.03. The van der Waals surface area contributed by atoms with Gasteiger partial charge in [-0.1, -0.05) is 33.9 Å². The van der Waals surface area contributed by atoms with Gasteiger partial charge in [0.1, 0.15) is 15.8 Å². The largest absolute Gasteiger partial charge is 0.214 e. The second-order valence-corrected chi connectivity index (χ2v) is 5.93. The first-order valence-corrected chi connectivity index (χ1v) is 7.51. The third kappa shape index (κ3) is 2.79. The second-order valence-electron chi connectivity index (χ2n) is 3.64. The molecule has 6 nitrogen and oxygen atoms in total. The molecule has 0 spiro atoms. The number of hydrogen-bond donors (Lipinski definition) is 0. The van der Waals surface area contributed by atoms with Gasteiger partial charge >= 0.3 is 0 Å². The molecular weight excluding hydrogens is 323 g/mol. The van der Waals surface area contributed by atoms with Crippen molar-refractivity contribution in [2.24, 2.45) is 0 Å². The third-order valence-corrected chi connectivity index (χ3v) is 4.26. The minimum absolute atomic E-state index is 0.347. The number of thioether (sulfide) groups is 1. The number of aromatic nitrogens is 6. The monoisotopic (exact) mass is 328 g/mol. The molecule has 2 aromatic heterocycles. The van der Waals surface area contributed by atoms with Crippen LogP contribution in [0, 0.1) is 5.82 Å². The van der Waals surface area contributed by atoms with Crippen molar-refractivity contribution in [3.63, 3.8) is 0 Å². The molecule has 0 saturated carbocycles. The number of tetrazole rings is 1. The molecule has 1 aromatic carbocycles. The molecule has 3 rings (SSSR count). The van der Waals surface area contributed by atoms with E-state index in [1.165, 1.54) is 28.6 Å². The van der Waals surface area contributed by atoms with E-state index in [1.54, 1.807) is 12.1 Å². The molecule has 0 radical (unpaired) electrons. The van der Waals surface area contributed by atoms with Gasteiger partial charge < -0.3 is 0 Å². The number of hydrogen-bond acceptors (Lipinski definition) is 7. The van der Waals surface area contributed by atoms with Gasteiger partial charge in [0.15, 0.2) is 0 Å². The second kappa shape index (κ2) is 5.81. The Kier molecular flexibility index (Phi) is 3.90. The normalized spacial score (nSPS) is 10.9. The molecule has 0 aliphatic carbocycles. The first kappa shape index (κ1) is 13.4. The molecule has 0 amide bonds. The molecule has 0 saturated heterocycles. The average molecular weight is 329 g/mol.